The lowest BCUT2D eigenvalue weighted by Gasteiger charge is -2.05. The molecule has 0 aliphatic carbocycles. The van der Waals surface area contributed by atoms with Crippen LogP contribution in [-0.4, -0.2) is 31.0 Å². The molecule has 0 saturated carbocycles. The number of carbonyl (C=O) groups is 2. The maximum atomic E-state index is 11.7. The molecule has 0 aliphatic rings. The third kappa shape index (κ3) is 3.78. The fourth-order valence-corrected chi connectivity index (χ4v) is 2.19. The smallest absolute Gasteiger partial charge is 0.177 e. The van der Waals surface area contributed by atoms with Crippen molar-refractivity contribution in [2.45, 2.75) is 0 Å². The summed E-state index contributed by atoms with van der Waals surface area (Å²) in [6.45, 7) is 0.328. The first-order valence-corrected chi connectivity index (χ1v) is 7.16. The van der Waals surface area contributed by atoms with Crippen LogP contribution in [0.2, 0.25) is 0 Å². The predicted octanol–water partition coefficient (Wildman–Crippen LogP) is 3.18. The average Bonchev–Trinajstić information content (AvgIpc) is 2.54. The molecule has 4 heteroatoms. The molecular formula is C17H16ClNO2. The summed E-state index contributed by atoms with van der Waals surface area (Å²) in [6.07, 6.45) is 0. The minimum Gasteiger partial charge on any atom is -0.313 e. The van der Waals surface area contributed by atoms with Crippen molar-refractivity contribution in [3.05, 3.63) is 59.7 Å². The van der Waals surface area contributed by atoms with Crippen LogP contribution >= 0.6 is 11.6 Å². The lowest BCUT2D eigenvalue weighted by Crippen LogP contribution is -2.18. The van der Waals surface area contributed by atoms with E-state index in [9.17, 15) is 9.59 Å². The van der Waals surface area contributed by atoms with E-state index in [0.29, 0.717) is 17.7 Å². The van der Waals surface area contributed by atoms with E-state index in [-0.39, 0.29) is 17.4 Å². The first-order valence-electron chi connectivity index (χ1n) is 6.63. The van der Waals surface area contributed by atoms with Gasteiger partial charge in [0.25, 0.3) is 0 Å². The molecule has 0 aromatic heterocycles. The van der Waals surface area contributed by atoms with Gasteiger partial charge in [-0.05, 0) is 18.2 Å². The van der Waals surface area contributed by atoms with Gasteiger partial charge in [-0.15, -0.1) is 11.6 Å². The lowest BCUT2D eigenvalue weighted by atomic mass is 10.0. The molecule has 0 amide bonds. The molecule has 1 N–H and O–H groups in total. The minimum atomic E-state index is -0.0868. The maximum absolute atomic E-state index is 11.7. The van der Waals surface area contributed by atoms with E-state index < -0.39 is 0 Å². The molecule has 3 nitrogen and oxygen atoms in total. The summed E-state index contributed by atoms with van der Waals surface area (Å²) < 4.78 is 0. The molecule has 21 heavy (non-hydrogen) atoms. The van der Waals surface area contributed by atoms with Gasteiger partial charge in [0.15, 0.2) is 11.6 Å². The van der Waals surface area contributed by atoms with Crippen LogP contribution < -0.4 is 5.32 Å². The van der Waals surface area contributed by atoms with Gasteiger partial charge in [0.2, 0.25) is 0 Å². The lowest BCUT2D eigenvalue weighted by molar-refractivity contribution is 0.0991. The van der Waals surface area contributed by atoms with E-state index in [1.54, 1.807) is 19.2 Å². The van der Waals surface area contributed by atoms with Crippen molar-refractivity contribution in [1.82, 2.24) is 5.32 Å². The monoisotopic (exact) mass is 301 g/mol. The van der Waals surface area contributed by atoms with Gasteiger partial charge in [-0.3, -0.25) is 9.59 Å². The zero-order chi connectivity index (χ0) is 15.2. The highest BCUT2D eigenvalue weighted by molar-refractivity contribution is 6.30. The Bertz CT molecular complexity index is 633. The fourth-order valence-electron chi connectivity index (χ4n) is 2.04. The van der Waals surface area contributed by atoms with Crippen LogP contribution in [-0.2, 0) is 0 Å². The summed E-state index contributed by atoms with van der Waals surface area (Å²) >= 11 is 5.53. The van der Waals surface area contributed by atoms with E-state index in [1.807, 2.05) is 36.4 Å². The topological polar surface area (TPSA) is 46.2 Å². The Kier molecular flexibility index (Phi) is 5.26. The molecule has 0 radical (unpaired) electrons. The number of hydrogen-bond donors (Lipinski definition) is 1. The Morgan fingerprint density at radius 3 is 1.67 bits per heavy atom. The Morgan fingerprint density at radius 1 is 0.857 bits per heavy atom. The standard InChI is InChI=1S/C17H16ClNO2/c1-19-11-17(21)15-8-4-13(5-9-15)12-2-6-14(7-3-12)16(20)10-18/h2-9,19H,10-11H2,1H3. The van der Waals surface area contributed by atoms with Crippen LogP contribution in [0.15, 0.2) is 48.5 Å². The van der Waals surface area contributed by atoms with E-state index in [2.05, 4.69) is 5.32 Å². The number of likely N-dealkylation sites (N-methyl/N-ethyl adjacent to an activating group) is 1. The molecule has 108 valence electrons. The minimum absolute atomic E-state index is 0.0123. The second-order valence-electron chi connectivity index (χ2n) is 4.67. The zero-order valence-electron chi connectivity index (χ0n) is 11.7. The van der Waals surface area contributed by atoms with Crippen molar-refractivity contribution in [3.8, 4) is 11.1 Å². The van der Waals surface area contributed by atoms with Gasteiger partial charge in [0.05, 0.1) is 12.4 Å². The highest BCUT2D eigenvalue weighted by Gasteiger charge is 2.06. The number of benzene rings is 2. The second-order valence-corrected chi connectivity index (χ2v) is 4.93. The summed E-state index contributed by atoms with van der Waals surface area (Å²) in [5.74, 6) is -0.0370. The van der Waals surface area contributed by atoms with Gasteiger partial charge in [-0.25, -0.2) is 0 Å². The van der Waals surface area contributed by atoms with Gasteiger partial charge >= 0.3 is 0 Å². The molecule has 2 aromatic rings. The van der Waals surface area contributed by atoms with Crippen LogP contribution in [0.3, 0.4) is 0 Å². The number of hydrogen-bond acceptors (Lipinski definition) is 3. The highest BCUT2D eigenvalue weighted by Crippen LogP contribution is 2.21. The Hall–Kier alpha value is -1.97. The Balaban J connectivity index is 2.19. The Morgan fingerprint density at radius 2 is 1.29 bits per heavy atom. The summed E-state index contributed by atoms with van der Waals surface area (Å²) in [4.78, 5) is 23.2. The van der Waals surface area contributed by atoms with E-state index in [0.717, 1.165) is 11.1 Å². The van der Waals surface area contributed by atoms with Gasteiger partial charge < -0.3 is 5.32 Å². The third-order valence-electron chi connectivity index (χ3n) is 3.21. The number of nitrogens with one attached hydrogen (secondary N) is 1. The molecule has 0 aliphatic heterocycles. The normalized spacial score (nSPS) is 10.4. The molecule has 2 aromatic carbocycles. The molecule has 0 saturated heterocycles. The third-order valence-corrected chi connectivity index (χ3v) is 3.45. The van der Waals surface area contributed by atoms with E-state index in [4.69, 9.17) is 11.6 Å². The molecular weight excluding hydrogens is 286 g/mol. The van der Waals surface area contributed by atoms with Gasteiger partial charge in [0.1, 0.15) is 0 Å². The molecule has 0 fully saturated rings. The van der Waals surface area contributed by atoms with Crippen molar-refractivity contribution >= 4 is 23.2 Å². The number of halogens is 1. The number of alkyl halides is 1. The Labute approximate surface area is 128 Å². The van der Waals surface area contributed by atoms with Gasteiger partial charge in [-0.2, -0.15) is 0 Å². The summed E-state index contributed by atoms with van der Waals surface area (Å²) in [6, 6.07) is 14.7. The summed E-state index contributed by atoms with van der Waals surface area (Å²) in [7, 11) is 1.75. The summed E-state index contributed by atoms with van der Waals surface area (Å²) in [5, 5.41) is 2.84. The molecule has 2 rings (SSSR count). The SMILES string of the molecule is CNCC(=O)c1ccc(-c2ccc(C(=O)CCl)cc2)cc1. The van der Waals surface area contributed by atoms with E-state index in [1.165, 1.54) is 0 Å². The molecule has 0 spiro atoms. The van der Waals surface area contributed by atoms with Gasteiger partial charge in [0, 0.05) is 11.1 Å². The number of rotatable bonds is 6. The molecule has 0 heterocycles. The molecule has 0 unspecified atom stereocenters. The number of carbonyl (C=O) groups excluding carboxylic acids is 2. The highest BCUT2D eigenvalue weighted by atomic mass is 35.5. The largest absolute Gasteiger partial charge is 0.313 e. The van der Waals surface area contributed by atoms with Crippen molar-refractivity contribution in [3.63, 3.8) is 0 Å². The first-order chi connectivity index (χ1) is 10.2. The van der Waals surface area contributed by atoms with Crippen LogP contribution in [0.5, 0.6) is 0 Å². The quantitative estimate of drug-likeness (QED) is 0.658. The van der Waals surface area contributed by atoms with Crippen molar-refractivity contribution in [2.24, 2.45) is 0 Å². The van der Waals surface area contributed by atoms with Gasteiger partial charge in [-0.1, -0.05) is 48.5 Å². The first kappa shape index (κ1) is 15.4. The maximum Gasteiger partial charge on any atom is 0.177 e. The average molecular weight is 302 g/mol. The fraction of sp³-hybridized carbons (Fsp3) is 0.176. The number of Topliss-reactive ketones (excluding diaryl/α,β-unsaturated/α-hetero) is 2. The van der Waals surface area contributed by atoms with Crippen LogP contribution in [0.1, 0.15) is 20.7 Å². The van der Waals surface area contributed by atoms with Crippen molar-refractivity contribution < 1.29 is 9.59 Å². The predicted molar refractivity (Wildman–Crippen MR) is 85.2 cm³/mol. The summed E-state index contributed by atoms with van der Waals surface area (Å²) in [5.41, 5.74) is 3.28. The van der Waals surface area contributed by atoms with Crippen molar-refractivity contribution in [1.29, 1.82) is 0 Å². The molecule has 0 bridgehead atoms. The van der Waals surface area contributed by atoms with Crippen LogP contribution in [0, 0.1) is 0 Å². The second kappa shape index (κ2) is 7.16. The van der Waals surface area contributed by atoms with Crippen LogP contribution in [0.25, 0.3) is 11.1 Å². The van der Waals surface area contributed by atoms with Crippen LogP contribution in [0.4, 0.5) is 0 Å². The molecule has 0 atom stereocenters. The number of ketones is 2. The van der Waals surface area contributed by atoms with Crippen molar-refractivity contribution in [2.75, 3.05) is 19.5 Å². The zero-order valence-corrected chi connectivity index (χ0v) is 12.5. The van der Waals surface area contributed by atoms with E-state index >= 15 is 0 Å².